The third-order valence-electron chi connectivity index (χ3n) is 1.83. The smallest absolute Gasteiger partial charge is 0.180 e. The largest absolute Gasteiger partial charge is 0.504 e. The number of rotatable bonds is 1. The van der Waals surface area contributed by atoms with Crippen molar-refractivity contribution < 1.29 is 13.9 Å². The molecule has 0 unspecified atom stereocenters. The normalized spacial score (nSPS) is 10.5. The van der Waals surface area contributed by atoms with Crippen molar-refractivity contribution in [2.75, 3.05) is 5.73 Å². The first-order chi connectivity index (χ1) is 7.08. The molecule has 0 fully saturated rings. The van der Waals surface area contributed by atoms with Crippen LogP contribution in [0, 0.1) is 11.6 Å². The van der Waals surface area contributed by atoms with Crippen LogP contribution in [0.25, 0.3) is 11.3 Å². The fourth-order valence-corrected chi connectivity index (χ4v) is 1.74. The van der Waals surface area contributed by atoms with Gasteiger partial charge in [0.15, 0.2) is 16.7 Å². The van der Waals surface area contributed by atoms with E-state index in [0.717, 1.165) is 17.4 Å². The molecular weight excluding hydrogens is 222 g/mol. The Bertz CT molecular complexity index is 513. The van der Waals surface area contributed by atoms with Crippen LogP contribution in [0.3, 0.4) is 0 Å². The first-order valence-electron chi connectivity index (χ1n) is 3.97. The summed E-state index contributed by atoms with van der Waals surface area (Å²) in [5.41, 5.74) is 5.64. The van der Waals surface area contributed by atoms with E-state index in [1.54, 1.807) is 0 Å². The summed E-state index contributed by atoms with van der Waals surface area (Å²) >= 11 is 1.13. The fourth-order valence-electron chi connectivity index (χ4n) is 1.17. The number of hydrogen-bond donors (Lipinski definition) is 2. The van der Waals surface area contributed by atoms with Crippen molar-refractivity contribution in [3.63, 3.8) is 0 Å². The molecule has 0 amide bonds. The maximum absolute atomic E-state index is 13.0. The summed E-state index contributed by atoms with van der Waals surface area (Å²) in [6.07, 6.45) is 0. The number of phenolic OH excluding ortho intramolecular Hbond substituents is 1. The van der Waals surface area contributed by atoms with E-state index in [9.17, 15) is 13.9 Å². The number of nitrogens with two attached hydrogens (primary N) is 1. The minimum absolute atomic E-state index is 0.000417. The molecule has 3 nitrogen and oxygen atoms in total. The minimum Gasteiger partial charge on any atom is -0.504 e. The summed E-state index contributed by atoms with van der Waals surface area (Å²) in [7, 11) is 0. The van der Waals surface area contributed by atoms with Crippen molar-refractivity contribution >= 4 is 16.5 Å². The minimum atomic E-state index is -1.02. The number of phenols is 1. The zero-order valence-electron chi connectivity index (χ0n) is 7.37. The average molecular weight is 228 g/mol. The van der Waals surface area contributed by atoms with Gasteiger partial charge in [0.2, 0.25) is 0 Å². The molecule has 0 bridgehead atoms. The number of benzene rings is 1. The van der Waals surface area contributed by atoms with E-state index in [-0.39, 0.29) is 16.4 Å². The van der Waals surface area contributed by atoms with Gasteiger partial charge in [0.25, 0.3) is 0 Å². The molecule has 0 spiro atoms. The summed E-state index contributed by atoms with van der Waals surface area (Å²) in [4.78, 5) is 3.83. The Morgan fingerprint density at radius 2 is 2.07 bits per heavy atom. The number of aromatic hydroxyl groups is 1. The summed E-state index contributed by atoms with van der Waals surface area (Å²) in [5.74, 6) is -2.41. The zero-order chi connectivity index (χ0) is 11.0. The summed E-state index contributed by atoms with van der Waals surface area (Å²) in [6, 6.07) is 1.61. The first-order valence-corrected chi connectivity index (χ1v) is 4.85. The average Bonchev–Trinajstić information content (AvgIpc) is 2.58. The third-order valence-corrected chi connectivity index (χ3v) is 2.50. The number of nitrogen functional groups attached to an aromatic ring is 1. The molecule has 1 heterocycles. The van der Waals surface area contributed by atoms with Crippen LogP contribution in [0.5, 0.6) is 5.75 Å². The lowest BCUT2D eigenvalue weighted by Gasteiger charge is -2.02. The van der Waals surface area contributed by atoms with Gasteiger partial charge < -0.3 is 10.8 Å². The van der Waals surface area contributed by atoms with Gasteiger partial charge in [-0.2, -0.15) is 0 Å². The molecule has 3 N–H and O–H groups in total. The van der Waals surface area contributed by atoms with Crippen LogP contribution >= 0.6 is 11.3 Å². The van der Waals surface area contributed by atoms with Gasteiger partial charge in [0, 0.05) is 17.0 Å². The lowest BCUT2D eigenvalue weighted by molar-refractivity contribution is 0.430. The molecule has 0 saturated heterocycles. The molecule has 0 aliphatic rings. The molecule has 2 rings (SSSR count). The number of anilines is 1. The Hall–Kier alpha value is -1.69. The van der Waals surface area contributed by atoms with Gasteiger partial charge in [0.05, 0.1) is 5.69 Å². The molecule has 0 aliphatic heterocycles. The molecule has 6 heteroatoms. The third kappa shape index (κ3) is 1.75. The second-order valence-corrected chi connectivity index (χ2v) is 3.74. The Kier molecular flexibility index (Phi) is 2.28. The van der Waals surface area contributed by atoms with Crippen LogP contribution in [0.2, 0.25) is 0 Å². The lowest BCUT2D eigenvalue weighted by Crippen LogP contribution is -1.88. The van der Waals surface area contributed by atoms with E-state index in [1.165, 1.54) is 5.38 Å². The number of aromatic nitrogens is 1. The highest BCUT2D eigenvalue weighted by atomic mass is 32.1. The number of nitrogens with zero attached hydrogens (tertiary/aromatic N) is 1. The van der Waals surface area contributed by atoms with Crippen molar-refractivity contribution in [1.29, 1.82) is 0 Å². The van der Waals surface area contributed by atoms with Gasteiger partial charge in [0.1, 0.15) is 5.82 Å². The molecule has 0 saturated carbocycles. The van der Waals surface area contributed by atoms with E-state index >= 15 is 0 Å². The second-order valence-electron chi connectivity index (χ2n) is 2.85. The number of halogens is 2. The highest BCUT2D eigenvalue weighted by molar-refractivity contribution is 7.13. The Morgan fingerprint density at radius 3 is 2.67 bits per heavy atom. The maximum atomic E-state index is 13.0. The van der Waals surface area contributed by atoms with Crippen molar-refractivity contribution in [3.8, 4) is 17.0 Å². The Morgan fingerprint density at radius 1 is 1.33 bits per heavy atom. The quantitative estimate of drug-likeness (QED) is 0.787. The predicted molar refractivity (Wildman–Crippen MR) is 53.5 cm³/mol. The van der Waals surface area contributed by atoms with Gasteiger partial charge in [-0.15, -0.1) is 11.3 Å². The van der Waals surface area contributed by atoms with Crippen molar-refractivity contribution in [3.05, 3.63) is 29.1 Å². The van der Waals surface area contributed by atoms with E-state index < -0.39 is 17.4 Å². The van der Waals surface area contributed by atoms with Gasteiger partial charge in [-0.05, 0) is 6.07 Å². The molecule has 0 radical (unpaired) electrons. The van der Waals surface area contributed by atoms with E-state index in [1.807, 2.05) is 0 Å². The zero-order valence-corrected chi connectivity index (χ0v) is 8.18. The summed E-state index contributed by atoms with van der Waals surface area (Å²) < 4.78 is 25.9. The van der Waals surface area contributed by atoms with Crippen LogP contribution in [0.15, 0.2) is 17.5 Å². The SMILES string of the molecule is Nc1nc(-c2cc(F)cc(F)c2O)cs1. The van der Waals surface area contributed by atoms with Crippen molar-refractivity contribution in [2.45, 2.75) is 0 Å². The van der Waals surface area contributed by atoms with Crippen molar-refractivity contribution in [2.24, 2.45) is 0 Å². The highest BCUT2D eigenvalue weighted by Gasteiger charge is 2.13. The molecule has 0 aliphatic carbocycles. The second kappa shape index (κ2) is 3.47. The van der Waals surface area contributed by atoms with E-state index in [0.29, 0.717) is 6.07 Å². The van der Waals surface area contributed by atoms with Crippen LogP contribution in [-0.2, 0) is 0 Å². The van der Waals surface area contributed by atoms with Crippen LogP contribution in [-0.4, -0.2) is 10.1 Å². The number of thiazole rings is 1. The van der Waals surface area contributed by atoms with Gasteiger partial charge >= 0.3 is 0 Å². The highest BCUT2D eigenvalue weighted by Crippen LogP contribution is 2.33. The molecule has 1 aromatic heterocycles. The molecule has 2 aromatic rings. The Labute approximate surface area is 87.8 Å². The van der Waals surface area contributed by atoms with E-state index in [4.69, 9.17) is 5.73 Å². The molecule has 15 heavy (non-hydrogen) atoms. The molecule has 0 atom stereocenters. The van der Waals surface area contributed by atoms with Crippen LogP contribution in [0.1, 0.15) is 0 Å². The standard InChI is InChI=1S/C9H6F2N2OS/c10-4-1-5(8(14)6(11)2-4)7-3-15-9(12)13-7/h1-3,14H,(H2,12,13). The maximum Gasteiger partial charge on any atom is 0.180 e. The molecule has 1 aromatic carbocycles. The molecular formula is C9H6F2N2OS. The predicted octanol–water partition coefficient (Wildman–Crippen LogP) is 2.38. The van der Waals surface area contributed by atoms with Crippen molar-refractivity contribution in [1.82, 2.24) is 4.98 Å². The first kappa shape index (κ1) is 9.85. The summed E-state index contributed by atoms with van der Waals surface area (Å²) in [6.45, 7) is 0. The topological polar surface area (TPSA) is 59.1 Å². The fraction of sp³-hybridized carbons (Fsp3) is 0. The number of hydrogen-bond acceptors (Lipinski definition) is 4. The lowest BCUT2D eigenvalue weighted by atomic mass is 10.1. The van der Waals surface area contributed by atoms with Crippen LogP contribution < -0.4 is 5.73 Å². The van der Waals surface area contributed by atoms with E-state index in [2.05, 4.69) is 4.98 Å². The Balaban J connectivity index is 2.62. The van der Waals surface area contributed by atoms with Gasteiger partial charge in [-0.1, -0.05) is 0 Å². The monoisotopic (exact) mass is 228 g/mol. The summed E-state index contributed by atoms with van der Waals surface area (Å²) in [5, 5.41) is 11.2. The van der Waals surface area contributed by atoms with Crippen LogP contribution in [0.4, 0.5) is 13.9 Å². The molecule has 78 valence electrons. The van der Waals surface area contributed by atoms with Gasteiger partial charge in [-0.25, -0.2) is 13.8 Å². The van der Waals surface area contributed by atoms with Gasteiger partial charge in [-0.3, -0.25) is 0 Å².